The number of hydrogen-bond donors (Lipinski definition) is 4. The number of aromatic hydroxyl groups is 1. The second kappa shape index (κ2) is 7.37. The van der Waals surface area contributed by atoms with Crippen LogP contribution in [-0.4, -0.2) is 33.6 Å². The van der Waals surface area contributed by atoms with Gasteiger partial charge in [-0.25, -0.2) is 4.79 Å². The number of nitrogens with two attached hydrogens (primary N) is 1. The molecule has 0 aliphatic carbocycles. The van der Waals surface area contributed by atoms with E-state index in [1.807, 2.05) is 0 Å². The van der Waals surface area contributed by atoms with Crippen LogP contribution in [0.4, 0.5) is 0 Å². The predicted octanol–water partition coefficient (Wildman–Crippen LogP) is 0.0443. The number of phenolic OH excluding ortho intramolecular Hbond substituents is 1. The van der Waals surface area contributed by atoms with Gasteiger partial charge in [0.25, 0.3) is 0 Å². The van der Waals surface area contributed by atoms with E-state index < -0.39 is 17.9 Å². The first kappa shape index (κ1) is 15.1. The van der Waals surface area contributed by atoms with Crippen LogP contribution in [-0.2, 0) is 9.59 Å². The minimum absolute atomic E-state index is 0.148. The standard InChI is InChI=1S/C8H11NO2.C3H4O3/c9-5-8(11)6-2-1-3-7(10)4-6;1-2(4)3(5)6/h1-4,8,10-11H,5,9H2;1H3,(H,5,6). The number of aliphatic hydroxyl groups is 1. The monoisotopic (exact) mass is 241 g/mol. The summed E-state index contributed by atoms with van der Waals surface area (Å²) < 4.78 is 0. The Labute approximate surface area is 98.3 Å². The van der Waals surface area contributed by atoms with Crippen LogP contribution in [0.5, 0.6) is 5.75 Å². The largest absolute Gasteiger partial charge is 0.508 e. The molecule has 6 heteroatoms. The topological polar surface area (TPSA) is 121 Å². The third-order valence-corrected chi connectivity index (χ3v) is 1.78. The maximum absolute atomic E-state index is 9.54. The molecule has 94 valence electrons. The number of carbonyl (C=O) groups is 2. The van der Waals surface area contributed by atoms with Crippen molar-refractivity contribution in [2.24, 2.45) is 5.73 Å². The highest BCUT2D eigenvalue weighted by molar-refractivity contribution is 6.31. The second-order valence-electron chi connectivity index (χ2n) is 3.21. The maximum Gasteiger partial charge on any atom is 0.371 e. The first-order chi connectivity index (χ1) is 7.88. The Morgan fingerprint density at radius 1 is 1.41 bits per heavy atom. The minimum atomic E-state index is -1.38. The van der Waals surface area contributed by atoms with Crippen molar-refractivity contribution in [1.82, 2.24) is 0 Å². The molecule has 0 saturated carbocycles. The van der Waals surface area contributed by atoms with Crippen molar-refractivity contribution >= 4 is 11.8 Å². The van der Waals surface area contributed by atoms with E-state index in [1.165, 1.54) is 6.07 Å². The number of carboxylic acids is 1. The number of benzene rings is 1. The van der Waals surface area contributed by atoms with Gasteiger partial charge in [0, 0.05) is 13.5 Å². The molecule has 0 aliphatic heterocycles. The lowest BCUT2D eigenvalue weighted by Gasteiger charge is -2.06. The molecule has 0 heterocycles. The van der Waals surface area contributed by atoms with E-state index in [-0.39, 0.29) is 12.3 Å². The molecular weight excluding hydrogens is 226 g/mol. The zero-order valence-corrected chi connectivity index (χ0v) is 9.33. The number of carboxylic acid groups (broad SMARTS) is 1. The van der Waals surface area contributed by atoms with Crippen molar-refractivity contribution in [2.45, 2.75) is 13.0 Å². The summed E-state index contributed by atoms with van der Waals surface area (Å²) in [6, 6.07) is 6.44. The Balaban J connectivity index is 0.000000366. The van der Waals surface area contributed by atoms with Gasteiger partial charge in [-0.05, 0) is 17.7 Å². The highest BCUT2D eigenvalue weighted by atomic mass is 16.4. The fourth-order valence-electron chi connectivity index (χ4n) is 0.868. The molecule has 0 fully saturated rings. The van der Waals surface area contributed by atoms with Gasteiger partial charge in [-0.1, -0.05) is 12.1 Å². The van der Waals surface area contributed by atoms with Crippen LogP contribution in [0.1, 0.15) is 18.6 Å². The van der Waals surface area contributed by atoms with Gasteiger partial charge in [0.15, 0.2) is 0 Å². The third kappa shape index (κ3) is 6.29. The average molecular weight is 241 g/mol. The van der Waals surface area contributed by atoms with Gasteiger partial charge >= 0.3 is 5.97 Å². The summed E-state index contributed by atoms with van der Waals surface area (Å²) >= 11 is 0. The predicted molar refractivity (Wildman–Crippen MR) is 60.4 cm³/mol. The van der Waals surface area contributed by atoms with Crippen LogP contribution in [0.25, 0.3) is 0 Å². The van der Waals surface area contributed by atoms with Crippen LogP contribution in [0.3, 0.4) is 0 Å². The molecular formula is C11H15NO5. The first-order valence-corrected chi connectivity index (χ1v) is 4.79. The van der Waals surface area contributed by atoms with Crippen molar-refractivity contribution < 1.29 is 24.9 Å². The highest BCUT2D eigenvalue weighted by Crippen LogP contribution is 2.16. The van der Waals surface area contributed by atoms with E-state index in [2.05, 4.69) is 0 Å². The minimum Gasteiger partial charge on any atom is -0.508 e. The zero-order chi connectivity index (χ0) is 13.4. The van der Waals surface area contributed by atoms with Crippen molar-refractivity contribution in [3.63, 3.8) is 0 Å². The Hall–Kier alpha value is -1.92. The normalized spacial score (nSPS) is 11.0. The van der Waals surface area contributed by atoms with Crippen LogP contribution >= 0.6 is 0 Å². The number of rotatable bonds is 3. The van der Waals surface area contributed by atoms with Crippen molar-refractivity contribution in [2.75, 3.05) is 6.54 Å². The summed E-state index contributed by atoms with van der Waals surface area (Å²) in [5.41, 5.74) is 5.87. The molecule has 1 aromatic carbocycles. The summed E-state index contributed by atoms with van der Waals surface area (Å²) in [6.07, 6.45) is -0.679. The Bertz CT molecular complexity index is 379. The quantitative estimate of drug-likeness (QED) is 0.554. The molecule has 0 radical (unpaired) electrons. The number of aliphatic hydroxyl groups excluding tert-OH is 1. The number of Topliss-reactive ketones (excluding diaryl/α,β-unsaturated/α-hetero) is 1. The van der Waals surface area contributed by atoms with Crippen molar-refractivity contribution in [1.29, 1.82) is 0 Å². The third-order valence-electron chi connectivity index (χ3n) is 1.78. The fourth-order valence-corrected chi connectivity index (χ4v) is 0.868. The molecule has 1 rings (SSSR count). The van der Waals surface area contributed by atoms with E-state index in [4.69, 9.17) is 15.9 Å². The lowest BCUT2D eigenvalue weighted by molar-refractivity contribution is -0.148. The summed E-state index contributed by atoms with van der Waals surface area (Å²) in [5, 5.41) is 25.9. The molecule has 0 saturated heterocycles. The van der Waals surface area contributed by atoms with Crippen LogP contribution in [0.2, 0.25) is 0 Å². The summed E-state index contributed by atoms with van der Waals surface area (Å²) in [5.74, 6) is -2.06. The zero-order valence-electron chi connectivity index (χ0n) is 9.33. The molecule has 1 unspecified atom stereocenters. The lowest BCUT2D eigenvalue weighted by Crippen LogP contribution is -2.11. The molecule has 5 N–H and O–H groups in total. The van der Waals surface area contributed by atoms with Gasteiger partial charge in [0.05, 0.1) is 6.10 Å². The van der Waals surface area contributed by atoms with Crippen LogP contribution in [0, 0.1) is 0 Å². The van der Waals surface area contributed by atoms with Gasteiger partial charge in [0.1, 0.15) is 5.75 Å². The maximum atomic E-state index is 9.54. The molecule has 17 heavy (non-hydrogen) atoms. The van der Waals surface area contributed by atoms with Gasteiger partial charge < -0.3 is 21.1 Å². The van der Waals surface area contributed by atoms with Crippen molar-refractivity contribution in [3.05, 3.63) is 29.8 Å². The molecule has 0 aliphatic rings. The molecule has 0 spiro atoms. The lowest BCUT2D eigenvalue weighted by atomic mass is 10.1. The number of ketones is 1. The summed E-state index contributed by atoms with van der Waals surface area (Å²) in [7, 11) is 0. The average Bonchev–Trinajstić information content (AvgIpc) is 2.28. The Morgan fingerprint density at radius 3 is 2.29 bits per heavy atom. The van der Waals surface area contributed by atoms with Crippen molar-refractivity contribution in [3.8, 4) is 5.75 Å². The number of phenols is 1. The Morgan fingerprint density at radius 2 is 1.94 bits per heavy atom. The van der Waals surface area contributed by atoms with Gasteiger partial charge in [-0.3, -0.25) is 4.79 Å². The molecule has 1 atom stereocenters. The molecule has 0 aromatic heterocycles. The highest BCUT2D eigenvalue weighted by Gasteiger charge is 2.03. The Kier molecular flexibility index (Phi) is 6.54. The first-order valence-electron chi connectivity index (χ1n) is 4.79. The van der Waals surface area contributed by atoms with Gasteiger partial charge in [-0.15, -0.1) is 0 Å². The molecule has 6 nitrogen and oxygen atoms in total. The van der Waals surface area contributed by atoms with E-state index in [9.17, 15) is 14.7 Å². The van der Waals surface area contributed by atoms with Gasteiger partial charge in [-0.2, -0.15) is 0 Å². The fraction of sp³-hybridized carbons (Fsp3) is 0.273. The van der Waals surface area contributed by atoms with Crippen LogP contribution < -0.4 is 5.73 Å². The van der Waals surface area contributed by atoms with Gasteiger partial charge in [0.2, 0.25) is 5.78 Å². The number of aliphatic carboxylic acids is 1. The number of hydrogen-bond acceptors (Lipinski definition) is 5. The molecule has 0 amide bonds. The summed E-state index contributed by atoms with van der Waals surface area (Å²) in [6.45, 7) is 1.17. The number of carbonyl (C=O) groups excluding carboxylic acids is 1. The van der Waals surface area contributed by atoms with Crippen LogP contribution in [0.15, 0.2) is 24.3 Å². The van der Waals surface area contributed by atoms with E-state index in [0.29, 0.717) is 5.56 Å². The smallest absolute Gasteiger partial charge is 0.371 e. The van der Waals surface area contributed by atoms with E-state index in [1.54, 1.807) is 18.2 Å². The molecule has 0 bridgehead atoms. The second-order valence-corrected chi connectivity index (χ2v) is 3.21. The van der Waals surface area contributed by atoms with E-state index in [0.717, 1.165) is 6.92 Å². The van der Waals surface area contributed by atoms with E-state index >= 15 is 0 Å². The molecule has 1 aromatic rings. The summed E-state index contributed by atoms with van der Waals surface area (Å²) in [4.78, 5) is 18.9. The SMILES string of the molecule is CC(=O)C(=O)O.NCC(O)c1cccc(O)c1.